The van der Waals surface area contributed by atoms with Crippen LogP contribution in [0, 0.1) is 0 Å². The Labute approximate surface area is 146 Å². The third-order valence-corrected chi connectivity index (χ3v) is 5.22. The van der Waals surface area contributed by atoms with E-state index in [4.69, 9.17) is 4.18 Å². The number of rotatable bonds is 5. The zero-order valence-electron chi connectivity index (χ0n) is 13.6. The van der Waals surface area contributed by atoms with Gasteiger partial charge < -0.3 is 9.08 Å². The lowest BCUT2D eigenvalue weighted by molar-refractivity contribution is -0.117. The molecule has 0 aliphatic carbocycles. The highest BCUT2D eigenvalue weighted by molar-refractivity contribution is 7.87. The van der Waals surface area contributed by atoms with E-state index in [2.05, 4.69) is 0 Å². The number of anilines is 1. The van der Waals surface area contributed by atoms with E-state index in [1.165, 1.54) is 31.2 Å². The molecule has 0 saturated carbocycles. The molecule has 130 valence electrons. The lowest BCUT2D eigenvalue weighted by atomic mass is 10.1. The lowest BCUT2D eigenvalue weighted by Gasteiger charge is -2.16. The molecule has 1 amide bonds. The van der Waals surface area contributed by atoms with Gasteiger partial charge in [-0.25, -0.2) is 0 Å². The molecule has 1 saturated heterocycles. The maximum absolute atomic E-state index is 12.4. The summed E-state index contributed by atoms with van der Waals surface area (Å²) in [6.45, 7) is 2.03. The molecular weight excluding hydrogens is 342 g/mol. The summed E-state index contributed by atoms with van der Waals surface area (Å²) in [7, 11) is -4.02. The summed E-state index contributed by atoms with van der Waals surface area (Å²) in [5, 5.41) is 0. The van der Waals surface area contributed by atoms with E-state index in [0.717, 1.165) is 6.42 Å². The van der Waals surface area contributed by atoms with Crippen molar-refractivity contribution in [3.8, 4) is 5.75 Å². The number of hydrogen-bond donors (Lipinski definition) is 0. The Bertz CT molecular complexity index is 919. The SMILES string of the molecule is CC(=O)c1cccc(OS(=O)(=O)c2ccc(N3CCCC3=O)cc2)c1. The molecule has 2 aromatic rings. The molecule has 0 bridgehead atoms. The molecule has 0 unspecified atom stereocenters. The number of Topliss-reactive ketones (excluding diaryl/α,β-unsaturated/α-hetero) is 1. The molecule has 2 aromatic carbocycles. The Morgan fingerprint density at radius 1 is 1.12 bits per heavy atom. The first-order valence-corrected chi connectivity index (χ1v) is 9.23. The third-order valence-electron chi connectivity index (χ3n) is 3.96. The zero-order valence-corrected chi connectivity index (χ0v) is 14.5. The van der Waals surface area contributed by atoms with Crippen LogP contribution >= 0.6 is 0 Å². The Kier molecular flexibility index (Phi) is 4.59. The molecule has 1 fully saturated rings. The molecular formula is C18H17NO5S. The van der Waals surface area contributed by atoms with Crippen molar-refractivity contribution in [3.63, 3.8) is 0 Å². The van der Waals surface area contributed by atoms with E-state index in [1.54, 1.807) is 29.2 Å². The van der Waals surface area contributed by atoms with Crippen molar-refractivity contribution < 1.29 is 22.2 Å². The first-order chi connectivity index (χ1) is 11.9. The van der Waals surface area contributed by atoms with Crippen molar-refractivity contribution >= 4 is 27.5 Å². The van der Waals surface area contributed by atoms with Gasteiger partial charge in [0.05, 0.1) is 0 Å². The van der Waals surface area contributed by atoms with Crippen molar-refractivity contribution in [3.05, 3.63) is 54.1 Å². The summed E-state index contributed by atoms with van der Waals surface area (Å²) in [5.41, 5.74) is 1.04. The van der Waals surface area contributed by atoms with Crippen molar-refractivity contribution in [1.82, 2.24) is 0 Å². The first kappa shape index (κ1) is 17.2. The van der Waals surface area contributed by atoms with E-state index < -0.39 is 10.1 Å². The van der Waals surface area contributed by atoms with Crippen LogP contribution in [0.15, 0.2) is 53.4 Å². The molecule has 0 radical (unpaired) electrons. The monoisotopic (exact) mass is 359 g/mol. The van der Waals surface area contributed by atoms with Crippen molar-refractivity contribution in [2.75, 3.05) is 11.4 Å². The van der Waals surface area contributed by atoms with Crippen LogP contribution in [0.5, 0.6) is 5.75 Å². The zero-order chi connectivity index (χ0) is 18.0. The molecule has 25 heavy (non-hydrogen) atoms. The topological polar surface area (TPSA) is 80.8 Å². The normalized spacial score (nSPS) is 14.6. The molecule has 0 N–H and O–H groups in total. The van der Waals surface area contributed by atoms with E-state index in [1.807, 2.05) is 0 Å². The highest BCUT2D eigenvalue weighted by atomic mass is 32.2. The smallest absolute Gasteiger partial charge is 0.339 e. The fourth-order valence-electron chi connectivity index (χ4n) is 2.66. The Hall–Kier alpha value is -2.67. The van der Waals surface area contributed by atoms with Gasteiger partial charge in [-0.15, -0.1) is 0 Å². The second-order valence-electron chi connectivity index (χ2n) is 5.76. The van der Waals surface area contributed by atoms with Gasteiger partial charge in [0.1, 0.15) is 10.6 Å². The van der Waals surface area contributed by atoms with Crippen LogP contribution in [-0.2, 0) is 14.9 Å². The fraction of sp³-hybridized carbons (Fsp3) is 0.222. The Morgan fingerprint density at radius 2 is 1.84 bits per heavy atom. The molecule has 0 aromatic heterocycles. The van der Waals surface area contributed by atoms with E-state index in [0.29, 0.717) is 24.2 Å². The maximum atomic E-state index is 12.4. The highest BCUT2D eigenvalue weighted by Gasteiger charge is 2.23. The highest BCUT2D eigenvalue weighted by Crippen LogP contribution is 2.25. The standard InChI is InChI=1S/C18H17NO5S/c1-13(20)14-4-2-5-16(12-14)24-25(22,23)17-9-7-15(8-10-17)19-11-3-6-18(19)21/h2,4-5,7-10,12H,3,6,11H2,1H3. The van der Waals surface area contributed by atoms with Crippen molar-refractivity contribution in [1.29, 1.82) is 0 Å². The number of carbonyl (C=O) groups is 2. The van der Waals surface area contributed by atoms with Crippen molar-refractivity contribution in [2.45, 2.75) is 24.7 Å². The summed E-state index contributed by atoms with van der Waals surface area (Å²) in [6.07, 6.45) is 1.31. The minimum Gasteiger partial charge on any atom is -0.379 e. The largest absolute Gasteiger partial charge is 0.379 e. The van der Waals surface area contributed by atoms with Gasteiger partial charge in [0.25, 0.3) is 0 Å². The number of carbonyl (C=O) groups excluding carboxylic acids is 2. The van der Waals surface area contributed by atoms with Gasteiger partial charge in [-0.2, -0.15) is 8.42 Å². The van der Waals surface area contributed by atoms with Gasteiger partial charge in [0.15, 0.2) is 5.78 Å². The van der Waals surface area contributed by atoms with E-state index >= 15 is 0 Å². The second kappa shape index (κ2) is 6.68. The van der Waals surface area contributed by atoms with Crippen LogP contribution in [0.1, 0.15) is 30.1 Å². The minimum absolute atomic E-state index is 0.0175. The molecule has 1 aliphatic rings. The van der Waals surface area contributed by atoms with Gasteiger partial charge in [-0.1, -0.05) is 12.1 Å². The van der Waals surface area contributed by atoms with Gasteiger partial charge in [0.2, 0.25) is 5.91 Å². The predicted octanol–water partition coefficient (Wildman–Crippen LogP) is 2.78. The van der Waals surface area contributed by atoms with Gasteiger partial charge in [0, 0.05) is 24.2 Å². The minimum atomic E-state index is -4.02. The fourth-order valence-corrected chi connectivity index (χ4v) is 3.58. The molecule has 3 rings (SSSR count). The third kappa shape index (κ3) is 3.71. The van der Waals surface area contributed by atoms with Gasteiger partial charge in [-0.3, -0.25) is 9.59 Å². The lowest BCUT2D eigenvalue weighted by Crippen LogP contribution is -2.23. The number of hydrogen-bond acceptors (Lipinski definition) is 5. The number of ketones is 1. The summed E-state index contributed by atoms with van der Waals surface area (Å²) < 4.78 is 29.9. The molecule has 0 spiro atoms. The van der Waals surface area contributed by atoms with E-state index in [-0.39, 0.29) is 22.3 Å². The number of nitrogens with zero attached hydrogens (tertiary/aromatic N) is 1. The Balaban J connectivity index is 1.81. The Morgan fingerprint density at radius 3 is 2.44 bits per heavy atom. The molecule has 0 atom stereocenters. The maximum Gasteiger partial charge on any atom is 0.339 e. The predicted molar refractivity (Wildman–Crippen MR) is 92.3 cm³/mol. The molecule has 6 nitrogen and oxygen atoms in total. The number of amides is 1. The first-order valence-electron chi connectivity index (χ1n) is 7.83. The molecule has 1 aliphatic heterocycles. The number of benzene rings is 2. The summed E-state index contributed by atoms with van der Waals surface area (Å²) in [5.74, 6) is -0.0677. The van der Waals surface area contributed by atoms with Crippen LogP contribution in [0.2, 0.25) is 0 Å². The van der Waals surface area contributed by atoms with Crippen LogP contribution in [0.25, 0.3) is 0 Å². The van der Waals surface area contributed by atoms with Gasteiger partial charge >= 0.3 is 10.1 Å². The second-order valence-corrected chi connectivity index (χ2v) is 7.31. The van der Waals surface area contributed by atoms with E-state index in [9.17, 15) is 18.0 Å². The molecule has 1 heterocycles. The average Bonchev–Trinajstić information content (AvgIpc) is 3.01. The quantitative estimate of drug-likeness (QED) is 0.606. The summed E-state index contributed by atoms with van der Waals surface area (Å²) in [6, 6.07) is 12.0. The molecule has 7 heteroatoms. The summed E-state index contributed by atoms with van der Waals surface area (Å²) >= 11 is 0. The van der Waals surface area contributed by atoms with Gasteiger partial charge in [-0.05, 0) is 49.7 Å². The average molecular weight is 359 g/mol. The summed E-state index contributed by atoms with van der Waals surface area (Å²) in [4.78, 5) is 24.7. The van der Waals surface area contributed by atoms with Crippen LogP contribution in [0.4, 0.5) is 5.69 Å². The van der Waals surface area contributed by atoms with Crippen LogP contribution in [-0.4, -0.2) is 26.7 Å². The van der Waals surface area contributed by atoms with Crippen molar-refractivity contribution in [2.24, 2.45) is 0 Å². The van der Waals surface area contributed by atoms with Crippen LogP contribution < -0.4 is 9.08 Å². The van der Waals surface area contributed by atoms with Crippen LogP contribution in [0.3, 0.4) is 0 Å².